The third kappa shape index (κ3) is 2.00. The van der Waals surface area contributed by atoms with Gasteiger partial charge in [-0.1, -0.05) is 0 Å². The maximum Gasteiger partial charge on any atom is 0.0828 e. The van der Waals surface area contributed by atoms with Crippen molar-refractivity contribution in [2.45, 2.75) is 13.8 Å². The number of rotatable bonds is 2. The molecule has 0 unspecified atom stereocenters. The van der Waals surface area contributed by atoms with E-state index in [1.807, 2.05) is 45.3 Å². The van der Waals surface area contributed by atoms with Crippen LogP contribution in [0.15, 0.2) is 24.4 Å². The number of anilines is 3. The fourth-order valence-corrected chi connectivity index (χ4v) is 1.63. The molecule has 0 aliphatic rings. The molecule has 2 rings (SSSR count). The molecule has 3 N–H and O–H groups in total. The fourth-order valence-electron chi connectivity index (χ4n) is 1.63. The molecule has 0 saturated heterocycles. The third-order valence-electron chi connectivity index (χ3n) is 2.56. The molecular formula is C12H16N4. The molecule has 0 amide bonds. The first-order chi connectivity index (χ1) is 7.56. The minimum Gasteiger partial charge on any atom is -0.399 e. The monoisotopic (exact) mass is 216 g/mol. The highest BCUT2D eigenvalue weighted by Gasteiger charge is 2.03. The van der Waals surface area contributed by atoms with E-state index in [2.05, 4.69) is 10.4 Å². The second kappa shape index (κ2) is 3.89. The van der Waals surface area contributed by atoms with Crippen LogP contribution in [0.5, 0.6) is 0 Å². The first-order valence-corrected chi connectivity index (χ1v) is 5.19. The lowest BCUT2D eigenvalue weighted by Crippen LogP contribution is -1.94. The zero-order valence-corrected chi connectivity index (χ0v) is 9.78. The van der Waals surface area contributed by atoms with Crippen molar-refractivity contribution in [3.63, 3.8) is 0 Å². The van der Waals surface area contributed by atoms with Crippen LogP contribution in [0.1, 0.15) is 11.3 Å². The SMILES string of the molecule is Cc1cc(Nc2cn(C)nc2C)ccc1N. The average molecular weight is 216 g/mol. The van der Waals surface area contributed by atoms with Crippen LogP contribution < -0.4 is 11.1 Å². The fraction of sp³-hybridized carbons (Fsp3) is 0.250. The van der Waals surface area contributed by atoms with Crippen molar-refractivity contribution in [2.24, 2.45) is 7.05 Å². The summed E-state index contributed by atoms with van der Waals surface area (Å²) in [6.45, 7) is 3.98. The number of hydrogen-bond acceptors (Lipinski definition) is 3. The van der Waals surface area contributed by atoms with Gasteiger partial charge in [0.2, 0.25) is 0 Å². The van der Waals surface area contributed by atoms with Crippen molar-refractivity contribution in [2.75, 3.05) is 11.1 Å². The number of nitrogen functional groups attached to an aromatic ring is 1. The quantitative estimate of drug-likeness (QED) is 0.758. The molecule has 0 aliphatic carbocycles. The van der Waals surface area contributed by atoms with Crippen molar-refractivity contribution >= 4 is 17.1 Å². The van der Waals surface area contributed by atoms with E-state index in [1.165, 1.54) is 0 Å². The van der Waals surface area contributed by atoms with E-state index < -0.39 is 0 Å². The lowest BCUT2D eigenvalue weighted by Gasteiger charge is -2.07. The Morgan fingerprint density at radius 1 is 1.31 bits per heavy atom. The zero-order valence-electron chi connectivity index (χ0n) is 9.78. The van der Waals surface area contributed by atoms with E-state index in [4.69, 9.17) is 5.73 Å². The van der Waals surface area contributed by atoms with Gasteiger partial charge in [0.05, 0.1) is 11.4 Å². The predicted molar refractivity (Wildman–Crippen MR) is 66.8 cm³/mol. The number of nitrogens with one attached hydrogen (secondary N) is 1. The Morgan fingerprint density at radius 3 is 2.62 bits per heavy atom. The molecule has 0 spiro atoms. The van der Waals surface area contributed by atoms with Crippen LogP contribution in [0.3, 0.4) is 0 Å². The van der Waals surface area contributed by atoms with Crippen molar-refractivity contribution in [1.82, 2.24) is 9.78 Å². The number of benzene rings is 1. The van der Waals surface area contributed by atoms with Gasteiger partial charge in [-0.05, 0) is 37.6 Å². The summed E-state index contributed by atoms with van der Waals surface area (Å²) in [5, 5.41) is 7.60. The molecule has 0 fully saturated rings. The van der Waals surface area contributed by atoms with Crippen molar-refractivity contribution in [3.05, 3.63) is 35.7 Å². The summed E-state index contributed by atoms with van der Waals surface area (Å²) in [5.41, 5.74) is 10.7. The van der Waals surface area contributed by atoms with E-state index in [0.717, 1.165) is 28.3 Å². The summed E-state index contributed by atoms with van der Waals surface area (Å²) in [4.78, 5) is 0. The number of hydrogen-bond donors (Lipinski definition) is 2. The van der Waals surface area contributed by atoms with Crippen LogP contribution in [0.4, 0.5) is 17.1 Å². The summed E-state index contributed by atoms with van der Waals surface area (Å²) in [5.74, 6) is 0. The molecule has 0 bridgehead atoms. The van der Waals surface area contributed by atoms with Gasteiger partial charge in [-0.15, -0.1) is 0 Å². The average Bonchev–Trinajstić information content (AvgIpc) is 2.51. The normalized spacial score (nSPS) is 10.4. The molecule has 1 aromatic heterocycles. The smallest absolute Gasteiger partial charge is 0.0828 e. The van der Waals surface area contributed by atoms with Crippen LogP contribution in [-0.2, 0) is 7.05 Å². The van der Waals surface area contributed by atoms with Crippen LogP contribution in [0.25, 0.3) is 0 Å². The molecule has 16 heavy (non-hydrogen) atoms. The van der Waals surface area contributed by atoms with E-state index in [1.54, 1.807) is 4.68 Å². The number of nitrogens with two attached hydrogens (primary N) is 1. The van der Waals surface area contributed by atoms with Gasteiger partial charge in [-0.2, -0.15) is 5.10 Å². The van der Waals surface area contributed by atoms with Crippen molar-refractivity contribution in [1.29, 1.82) is 0 Å². The highest BCUT2D eigenvalue weighted by atomic mass is 15.3. The number of aryl methyl sites for hydroxylation is 3. The zero-order chi connectivity index (χ0) is 11.7. The van der Waals surface area contributed by atoms with E-state index in [0.29, 0.717) is 0 Å². The van der Waals surface area contributed by atoms with Gasteiger partial charge in [-0.3, -0.25) is 4.68 Å². The Kier molecular flexibility index (Phi) is 2.56. The molecule has 0 aliphatic heterocycles. The van der Waals surface area contributed by atoms with Crippen LogP contribution >= 0.6 is 0 Å². The van der Waals surface area contributed by atoms with Gasteiger partial charge in [0, 0.05) is 24.6 Å². The summed E-state index contributed by atoms with van der Waals surface area (Å²) < 4.78 is 1.79. The molecular weight excluding hydrogens is 200 g/mol. The second-order valence-electron chi connectivity index (χ2n) is 4.00. The summed E-state index contributed by atoms with van der Waals surface area (Å²) >= 11 is 0. The molecule has 4 nitrogen and oxygen atoms in total. The lowest BCUT2D eigenvalue weighted by molar-refractivity contribution is 0.756. The Balaban J connectivity index is 2.27. The first kappa shape index (κ1) is 10.5. The maximum atomic E-state index is 5.77. The van der Waals surface area contributed by atoms with E-state index in [9.17, 15) is 0 Å². The standard InChI is InChI=1S/C12H16N4/c1-8-6-10(4-5-11(8)13)14-12-7-16(3)15-9(12)2/h4-7,14H,13H2,1-3H3. The molecule has 0 atom stereocenters. The topological polar surface area (TPSA) is 55.9 Å². The molecule has 1 aromatic carbocycles. The predicted octanol–water partition coefficient (Wildman–Crippen LogP) is 2.36. The van der Waals surface area contributed by atoms with Crippen LogP contribution in [0.2, 0.25) is 0 Å². The minimum absolute atomic E-state index is 0.813. The molecule has 0 radical (unpaired) electrons. The Labute approximate surface area is 95.1 Å². The number of nitrogens with zero attached hydrogens (tertiary/aromatic N) is 2. The third-order valence-corrected chi connectivity index (χ3v) is 2.56. The highest BCUT2D eigenvalue weighted by molar-refractivity contribution is 5.64. The van der Waals surface area contributed by atoms with E-state index >= 15 is 0 Å². The summed E-state index contributed by atoms with van der Waals surface area (Å²) in [6, 6.07) is 5.90. The van der Waals surface area contributed by atoms with Crippen molar-refractivity contribution < 1.29 is 0 Å². The number of aromatic nitrogens is 2. The van der Waals surface area contributed by atoms with Crippen LogP contribution in [0, 0.1) is 13.8 Å². The molecule has 1 heterocycles. The van der Waals surface area contributed by atoms with Crippen molar-refractivity contribution in [3.8, 4) is 0 Å². The van der Waals surface area contributed by atoms with Gasteiger partial charge < -0.3 is 11.1 Å². The Bertz CT molecular complexity index is 514. The van der Waals surface area contributed by atoms with E-state index in [-0.39, 0.29) is 0 Å². The largest absolute Gasteiger partial charge is 0.399 e. The Morgan fingerprint density at radius 2 is 2.06 bits per heavy atom. The van der Waals surface area contributed by atoms with Crippen LogP contribution in [-0.4, -0.2) is 9.78 Å². The van der Waals surface area contributed by atoms with Gasteiger partial charge >= 0.3 is 0 Å². The maximum absolute atomic E-state index is 5.77. The van der Waals surface area contributed by atoms with Gasteiger partial charge in [0.25, 0.3) is 0 Å². The van der Waals surface area contributed by atoms with Gasteiger partial charge in [0.1, 0.15) is 0 Å². The van der Waals surface area contributed by atoms with Gasteiger partial charge in [-0.25, -0.2) is 0 Å². The summed E-state index contributed by atoms with van der Waals surface area (Å²) in [7, 11) is 1.91. The summed E-state index contributed by atoms with van der Waals surface area (Å²) in [6.07, 6.45) is 1.96. The molecule has 84 valence electrons. The molecule has 2 aromatic rings. The molecule has 4 heteroatoms. The minimum atomic E-state index is 0.813. The first-order valence-electron chi connectivity index (χ1n) is 5.19. The molecule has 0 saturated carbocycles. The Hall–Kier alpha value is -1.97. The van der Waals surface area contributed by atoms with Gasteiger partial charge in [0.15, 0.2) is 0 Å². The lowest BCUT2D eigenvalue weighted by atomic mass is 10.2. The highest BCUT2D eigenvalue weighted by Crippen LogP contribution is 2.22. The second-order valence-corrected chi connectivity index (χ2v) is 4.00.